The van der Waals surface area contributed by atoms with Crippen LogP contribution < -0.4 is 4.74 Å². The van der Waals surface area contributed by atoms with Crippen molar-refractivity contribution in [1.29, 1.82) is 0 Å². The summed E-state index contributed by atoms with van der Waals surface area (Å²) in [6.45, 7) is 6.38. The molecule has 5 heteroatoms. The number of carbonyl (C=O) groups excluding carboxylic acids is 1. The van der Waals surface area contributed by atoms with Gasteiger partial charge in [-0.1, -0.05) is 30.3 Å². The number of ketones is 1. The van der Waals surface area contributed by atoms with E-state index in [1.54, 1.807) is 12.1 Å². The first-order valence-electron chi connectivity index (χ1n) is 9.48. The molecule has 0 radical (unpaired) electrons. The molecule has 0 fully saturated rings. The highest BCUT2D eigenvalue weighted by Gasteiger charge is 2.08. The van der Waals surface area contributed by atoms with E-state index in [1.165, 1.54) is 0 Å². The van der Waals surface area contributed by atoms with Gasteiger partial charge in [0.05, 0.1) is 19.8 Å². The van der Waals surface area contributed by atoms with Crippen LogP contribution in [0.3, 0.4) is 0 Å². The lowest BCUT2D eigenvalue weighted by molar-refractivity contribution is 0.101. The molecule has 146 valence electrons. The van der Waals surface area contributed by atoms with E-state index in [-0.39, 0.29) is 12.4 Å². The first-order valence-corrected chi connectivity index (χ1v) is 9.48. The SMILES string of the molecule is CCOCCN(CCO)CCCOc1ccc(C(=O)c2ccccc2)cc1. The standard InChI is InChI=1S/C22H29NO4/c1-2-26-18-15-23(14-16-24)13-6-17-27-21-11-9-20(10-12-21)22(25)19-7-4-3-5-8-19/h3-5,7-12,24H,2,6,13-18H2,1H3. The number of benzene rings is 2. The Morgan fingerprint density at radius 2 is 1.63 bits per heavy atom. The molecule has 0 aliphatic heterocycles. The molecule has 5 nitrogen and oxygen atoms in total. The molecule has 0 atom stereocenters. The van der Waals surface area contributed by atoms with Crippen molar-refractivity contribution in [2.75, 3.05) is 46.1 Å². The Labute approximate surface area is 161 Å². The van der Waals surface area contributed by atoms with Gasteiger partial charge in [0.1, 0.15) is 5.75 Å². The van der Waals surface area contributed by atoms with E-state index in [2.05, 4.69) is 4.90 Å². The van der Waals surface area contributed by atoms with Crippen molar-refractivity contribution < 1.29 is 19.4 Å². The summed E-state index contributed by atoms with van der Waals surface area (Å²) in [6, 6.07) is 16.5. The van der Waals surface area contributed by atoms with Crippen molar-refractivity contribution >= 4 is 5.78 Å². The molecule has 0 aliphatic rings. The van der Waals surface area contributed by atoms with Crippen LogP contribution in [-0.2, 0) is 4.74 Å². The highest BCUT2D eigenvalue weighted by Crippen LogP contribution is 2.15. The van der Waals surface area contributed by atoms with Crippen LogP contribution in [0.25, 0.3) is 0 Å². The predicted molar refractivity (Wildman–Crippen MR) is 106 cm³/mol. The van der Waals surface area contributed by atoms with E-state index >= 15 is 0 Å². The number of aliphatic hydroxyl groups is 1. The quantitative estimate of drug-likeness (QED) is 0.433. The van der Waals surface area contributed by atoms with Gasteiger partial charge < -0.3 is 14.6 Å². The molecule has 0 spiro atoms. The van der Waals surface area contributed by atoms with Crippen LogP contribution in [0.15, 0.2) is 54.6 Å². The summed E-state index contributed by atoms with van der Waals surface area (Å²) in [5, 5.41) is 9.14. The Bertz CT molecular complexity index is 658. The van der Waals surface area contributed by atoms with Crippen molar-refractivity contribution in [3.8, 4) is 5.75 Å². The van der Waals surface area contributed by atoms with Gasteiger partial charge in [-0.3, -0.25) is 9.69 Å². The van der Waals surface area contributed by atoms with E-state index in [9.17, 15) is 4.79 Å². The molecule has 0 amide bonds. The molecule has 0 aliphatic carbocycles. The van der Waals surface area contributed by atoms with E-state index in [0.717, 1.165) is 25.3 Å². The fourth-order valence-electron chi connectivity index (χ4n) is 2.75. The zero-order chi connectivity index (χ0) is 19.3. The largest absolute Gasteiger partial charge is 0.494 e. The summed E-state index contributed by atoms with van der Waals surface area (Å²) in [7, 11) is 0. The third kappa shape index (κ3) is 7.51. The molecule has 27 heavy (non-hydrogen) atoms. The normalized spacial score (nSPS) is 10.9. The minimum Gasteiger partial charge on any atom is -0.494 e. The number of hydrogen-bond acceptors (Lipinski definition) is 5. The van der Waals surface area contributed by atoms with Crippen LogP contribution in [0.5, 0.6) is 5.75 Å². The van der Waals surface area contributed by atoms with Crippen molar-refractivity contribution in [3.05, 3.63) is 65.7 Å². The van der Waals surface area contributed by atoms with Crippen LogP contribution >= 0.6 is 0 Å². The Hall–Kier alpha value is -2.21. The van der Waals surface area contributed by atoms with Crippen LogP contribution in [-0.4, -0.2) is 61.9 Å². The van der Waals surface area contributed by atoms with Gasteiger partial charge in [-0.15, -0.1) is 0 Å². The maximum atomic E-state index is 12.4. The molecule has 2 aromatic carbocycles. The van der Waals surface area contributed by atoms with Gasteiger partial charge in [-0.05, 0) is 37.6 Å². The maximum Gasteiger partial charge on any atom is 0.193 e. The Morgan fingerprint density at radius 1 is 0.926 bits per heavy atom. The smallest absolute Gasteiger partial charge is 0.193 e. The molecule has 0 bridgehead atoms. The van der Waals surface area contributed by atoms with Gasteiger partial charge in [-0.2, -0.15) is 0 Å². The molecule has 2 aromatic rings. The lowest BCUT2D eigenvalue weighted by Crippen LogP contribution is -2.32. The minimum absolute atomic E-state index is 0.0103. The summed E-state index contributed by atoms with van der Waals surface area (Å²) in [5.74, 6) is 0.763. The third-order valence-corrected chi connectivity index (χ3v) is 4.21. The number of ether oxygens (including phenoxy) is 2. The monoisotopic (exact) mass is 371 g/mol. The minimum atomic E-state index is 0.0103. The molecular weight excluding hydrogens is 342 g/mol. The van der Waals surface area contributed by atoms with E-state index in [0.29, 0.717) is 37.5 Å². The first-order chi connectivity index (χ1) is 13.2. The molecule has 0 heterocycles. The van der Waals surface area contributed by atoms with Crippen molar-refractivity contribution in [1.82, 2.24) is 4.90 Å². The number of rotatable bonds is 13. The highest BCUT2D eigenvalue weighted by atomic mass is 16.5. The Kier molecular flexibility index (Phi) is 9.55. The zero-order valence-corrected chi connectivity index (χ0v) is 16.0. The molecule has 0 aromatic heterocycles. The van der Waals surface area contributed by atoms with Crippen LogP contribution in [0.1, 0.15) is 29.3 Å². The number of hydrogen-bond donors (Lipinski definition) is 1. The van der Waals surface area contributed by atoms with Gasteiger partial charge in [0.25, 0.3) is 0 Å². The predicted octanol–water partition coefficient (Wildman–Crippen LogP) is 3.02. The summed E-state index contributed by atoms with van der Waals surface area (Å²) in [4.78, 5) is 14.6. The Balaban J connectivity index is 1.75. The maximum absolute atomic E-state index is 12.4. The second kappa shape index (κ2) is 12.2. The second-order valence-electron chi connectivity index (χ2n) is 6.18. The molecule has 1 N–H and O–H groups in total. The molecular formula is C22H29NO4. The summed E-state index contributed by atoms with van der Waals surface area (Å²) in [5.41, 5.74) is 1.33. The average Bonchev–Trinajstić information content (AvgIpc) is 2.72. The lowest BCUT2D eigenvalue weighted by Gasteiger charge is -2.21. The van der Waals surface area contributed by atoms with Gasteiger partial charge in [-0.25, -0.2) is 0 Å². The van der Waals surface area contributed by atoms with E-state index in [1.807, 2.05) is 49.4 Å². The molecule has 0 saturated heterocycles. The van der Waals surface area contributed by atoms with E-state index < -0.39 is 0 Å². The Morgan fingerprint density at radius 3 is 2.30 bits per heavy atom. The van der Waals surface area contributed by atoms with E-state index in [4.69, 9.17) is 14.6 Å². The topological polar surface area (TPSA) is 59.0 Å². The van der Waals surface area contributed by atoms with Gasteiger partial charge in [0, 0.05) is 37.4 Å². The zero-order valence-electron chi connectivity index (χ0n) is 16.0. The van der Waals surface area contributed by atoms with Gasteiger partial charge in [0.2, 0.25) is 0 Å². The number of nitrogens with zero attached hydrogens (tertiary/aromatic N) is 1. The summed E-state index contributed by atoms with van der Waals surface area (Å²) < 4.78 is 11.1. The second-order valence-corrected chi connectivity index (χ2v) is 6.18. The summed E-state index contributed by atoms with van der Waals surface area (Å²) in [6.07, 6.45) is 0.858. The number of aliphatic hydroxyl groups excluding tert-OH is 1. The third-order valence-electron chi connectivity index (χ3n) is 4.21. The molecule has 0 unspecified atom stereocenters. The fourth-order valence-corrected chi connectivity index (χ4v) is 2.75. The van der Waals surface area contributed by atoms with Crippen molar-refractivity contribution in [2.24, 2.45) is 0 Å². The van der Waals surface area contributed by atoms with Crippen LogP contribution in [0.2, 0.25) is 0 Å². The van der Waals surface area contributed by atoms with Crippen molar-refractivity contribution in [2.45, 2.75) is 13.3 Å². The first kappa shape index (κ1) is 21.1. The van der Waals surface area contributed by atoms with Gasteiger partial charge in [0.15, 0.2) is 5.78 Å². The van der Waals surface area contributed by atoms with Crippen LogP contribution in [0.4, 0.5) is 0 Å². The number of carbonyl (C=O) groups is 1. The van der Waals surface area contributed by atoms with Crippen LogP contribution in [0, 0.1) is 0 Å². The molecule has 0 saturated carbocycles. The lowest BCUT2D eigenvalue weighted by atomic mass is 10.0. The van der Waals surface area contributed by atoms with Crippen molar-refractivity contribution in [3.63, 3.8) is 0 Å². The fraction of sp³-hybridized carbons (Fsp3) is 0.409. The summed E-state index contributed by atoms with van der Waals surface area (Å²) >= 11 is 0. The van der Waals surface area contributed by atoms with Gasteiger partial charge >= 0.3 is 0 Å². The molecule has 2 rings (SSSR count). The highest BCUT2D eigenvalue weighted by molar-refractivity contribution is 6.08. The average molecular weight is 371 g/mol.